The summed E-state index contributed by atoms with van der Waals surface area (Å²) in [7, 11) is -3.69. The molecule has 118 valence electrons. The molecular weight excluding hydrogens is 333 g/mol. The summed E-state index contributed by atoms with van der Waals surface area (Å²) in [6.45, 7) is 2.26. The second kappa shape index (κ2) is 9.23. The molecule has 1 atom stereocenters. The van der Waals surface area contributed by atoms with Crippen molar-refractivity contribution in [3.05, 3.63) is 28.8 Å². The van der Waals surface area contributed by atoms with Crippen molar-refractivity contribution in [1.29, 1.82) is 5.26 Å². The summed E-state index contributed by atoms with van der Waals surface area (Å²) in [4.78, 5) is 0.0217. The van der Waals surface area contributed by atoms with Crippen LogP contribution in [0.3, 0.4) is 0 Å². The van der Waals surface area contributed by atoms with Crippen molar-refractivity contribution in [3.63, 3.8) is 0 Å². The van der Waals surface area contributed by atoms with Gasteiger partial charge in [-0.1, -0.05) is 31.4 Å². The molecule has 1 unspecified atom stereocenters. The van der Waals surface area contributed by atoms with Crippen molar-refractivity contribution in [1.82, 2.24) is 4.72 Å². The first-order valence-corrected chi connectivity index (χ1v) is 8.22. The number of nitrogens with zero attached hydrogens (tertiary/aromatic N) is 1. The van der Waals surface area contributed by atoms with Gasteiger partial charge in [0.25, 0.3) is 0 Å². The van der Waals surface area contributed by atoms with Gasteiger partial charge < -0.3 is 5.73 Å². The van der Waals surface area contributed by atoms with E-state index >= 15 is 0 Å². The Labute approximate surface area is 136 Å². The van der Waals surface area contributed by atoms with Gasteiger partial charge in [0.2, 0.25) is 10.0 Å². The maximum atomic E-state index is 12.2. The zero-order valence-corrected chi connectivity index (χ0v) is 14.1. The molecule has 0 fully saturated rings. The van der Waals surface area contributed by atoms with Crippen molar-refractivity contribution >= 4 is 34.0 Å². The molecular formula is C13H19Cl2N3O2S. The van der Waals surface area contributed by atoms with Gasteiger partial charge in [-0.05, 0) is 24.6 Å². The first kappa shape index (κ1) is 20.2. The van der Waals surface area contributed by atoms with Crippen LogP contribution in [0.5, 0.6) is 0 Å². The third-order valence-electron chi connectivity index (χ3n) is 2.88. The summed E-state index contributed by atoms with van der Waals surface area (Å²) >= 11 is 5.79. The highest BCUT2D eigenvalue weighted by Crippen LogP contribution is 2.20. The van der Waals surface area contributed by atoms with Crippen molar-refractivity contribution in [2.45, 2.75) is 37.1 Å². The van der Waals surface area contributed by atoms with Crippen LogP contribution in [0.25, 0.3) is 0 Å². The first-order chi connectivity index (χ1) is 9.44. The SMILES string of the molecule is CCCCC(CN)NS(=O)(=O)c1ccc(Cl)c(C#N)c1.Cl. The van der Waals surface area contributed by atoms with Gasteiger partial charge in [0, 0.05) is 12.6 Å². The molecule has 8 heteroatoms. The number of hydrogen-bond acceptors (Lipinski definition) is 4. The minimum absolute atomic E-state index is 0. The molecule has 3 N–H and O–H groups in total. The lowest BCUT2D eigenvalue weighted by molar-refractivity contribution is 0.516. The van der Waals surface area contributed by atoms with Gasteiger partial charge in [-0.3, -0.25) is 0 Å². The lowest BCUT2D eigenvalue weighted by atomic mass is 10.1. The Morgan fingerprint density at radius 2 is 2.14 bits per heavy atom. The third-order valence-corrected chi connectivity index (χ3v) is 4.73. The van der Waals surface area contributed by atoms with Crippen LogP contribution < -0.4 is 10.5 Å². The molecule has 0 spiro atoms. The summed E-state index contributed by atoms with van der Waals surface area (Å²) in [5, 5.41) is 9.11. The fraction of sp³-hybridized carbons (Fsp3) is 0.462. The Balaban J connectivity index is 0.00000400. The van der Waals surface area contributed by atoms with E-state index < -0.39 is 10.0 Å². The summed E-state index contributed by atoms with van der Waals surface area (Å²) in [6.07, 6.45) is 2.55. The second-order valence-corrected chi connectivity index (χ2v) is 6.57. The lowest BCUT2D eigenvalue weighted by Crippen LogP contribution is -2.40. The summed E-state index contributed by atoms with van der Waals surface area (Å²) < 4.78 is 27.0. The summed E-state index contributed by atoms with van der Waals surface area (Å²) in [5.74, 6) is 0. The molecule has 5 nitrogen and oxygen atoms in total. The quantitative estimate of drug-likeness (QED) is 0.788. The van der Waals surface area contributed by atoms with Crippen LogP contribution >= 0.6 is 24.0 Å². The summed E-state index contributed by atoms with van der Waals surface area (Å²) in [6, 6.07) is 5.59. The molecule has 21 heavy (non-hydrogen) atoms. The van der Waals surface area contributed by atoms with E-state index in [4.69, 9.17) is 22.6 Å². The number of nitriles is 1. The molecule has 0 aliphatic carbocycles. The number of hydrogen-bond donors (Lipinski definition) is 2. The van der Waals surface area contributed by atoms with Crippen LogP contribution in [-0.2, 0) is 10.0 Å². The molecule has 0 aromatic heterocycles. The maximum Gasteiger partial charge on any atom is 0.240 e. The topological polar surface area (TPSA) is 96.0 Å². The Bertz CT molecular complexity index is 600. The van der Waals surface area contributed by atoms with Crippen LogP contribution in [0.15, 0.2) is 23.1 Å². The Kier molecular flexibility index (Phi) is 8.86. The number of sulfonamides is 1. The number of nitrogens with one attached hydrogen (secondary N) is 1. The molecule has 1 rings (SSSR count). The molecule has 0 amide bonds. The summed E-state index contributed by atoms with van der Waals surface area (Å²) in [5.41, 5.74) is 5.71. The number of benzene rings is 1. The fourth-order valence-electron chi connectivity index (χ4n) is 1.72. The molecule has 0 saturated carbocycles. The molecule has 0 saturated heterocycles. The van der Waals surface area contributed by atoms with Crippen molar-refractivity contribution in [2.24, 2.45) is 5.73 Å². The standard InChI is InChI=1S/C13H18ClN3O2S.ClH/c1-2-3-4-11(9-16)17-20(18,19)12-5-6-13(14)10(7-12)8-15;/h5-7,11,17H,2-4,9,16H2,1H3;1H. The third kappa shape index (κ3) is 5.81. The maximum absolute atomic E-state index is 12.2. The van der Waals surface area contributed by atoms with Crippen LogP contribution in [0, 0.1) is 11.3 Å². The van der Waals surface area contributed by atoms with E-state index in [0.29, 0.717) is 6.42 Å². The zero-order valence-electron chi connectivity index (χ0n) is 11.7. The molecule has 0 aliphatic heterocycles. The van der Waals surface area contributed by atoms with Crippen molar-refractivity contribution in [3.8, 4) is 6.07 Å². The van der Waals surface area contributed by atoms with E-state index in [-0.39, 0.29) is 40.5 Å². The highest BCUT2D eigenvalue weighted by molar-refractivity contribution is 7.89. The molecule has 1 aromatic rings. The van der Waals surface area contributed by atoms with Crippen LogP contribution in [0.2, 0.25) is 5.02 Å². The van der Waals surface area contributed by atoms with Crippen molar-refractivity contribution < 1.29 is 8.42 Å². The van der Waals surface area contributed by atoms with E-state index in [2.05, 4.69) is 4.72 Å². The molecule has 0 radical (unpaired) electrons. The lowest BCUT2D eigenvalue weighted by Gasteiger charge is -2.16. The van der Waals surface area contributed by atoms with Crippen LogP contribution in [0.4, 0.5) is 0 Å². The van der Waals surface area contributed by atoms with Gasteiger partial charge in [0.05, 0.1) is 15.5 Å². The van der Waals surface area contributed by atoms with E-state index in [1.54, 1.807) is 0 Å². The van der Waals surface area contributed by atoms with Crippen LogP contribution in [0.1, 0.15) is 31.7 Å². The van der Waals surface area contributed by atoms with E-state index in [9.17, 15) is 8.42 Å². The molecule has 0 heterocycles. The fourth-order valence-corrected chi connectivity index (χ4v) is 3.19. The van der Waals surface area contributed by atoms with Gasteiger partial charge >= 0.3 is 0 Å². The smallest absolute Gasteiger partial charge is 0.240 e. The Morgan fingerprint density at radius 1 is 1.48 bits per heavy atom. The largest absolute Gasteiger partial charge is 0.329 e. The van der Waals surface area contributed by atoms with Gasteiger partial charge in [-0.15, -0.1) is 12.4 Å². The van der Waals surface area contributed by atoms with E-state index in [0.717, 1.165) is 12.8 Å². The average Bonchev–Trinajstić information content (AvgIpc) is 2.43. The minimum Gasteiger partial charge on any atom is -0.329 e. The second-order valence-electron chi connectivity index (χ2n) is 4.45. The van der Waals surface area contributed by atoms with Crippen molar-refractivity contribution in [2.75, 3.05) is 6.54 Å². The monoisotopic (exact) mass is 351 g/mol. The van der Waals surface area contributed by atoms with E-state index in [1.807, 2.05) is 13.0 Å². The van der Waals surface area contributed by atoms with Gasteiger partial charge in [-0.2, -0.15) is 5.26 Å². The van der Waals surface area contributed by atoms with Gasteiger partial charge in [0.15, 0.2) is 0 Å². The Hall–Kier alpha value is -0.840. The van der Waals surface area contributed by atoms with Gasteiger partial charge in [-0.25, -0.2) is 13.1 Å². The van der Waals surface area contributed by atoms with Gasteiger partial charge in [0.1, 0.15) is 6.07 Å². The van der Waals surface area contributed by atoms with Crippen LogP contribution in [-0.4, -0.2) is 21.0 Å². The van der Waals surface area contributed by atoms with E-state index in [1.165, 1.54) is 18.2 Å². The number of rotatable bonds is 7. The molecule has 0 aliphatic rings. The highest BCUT2D eigenvalue weighted by atomic mass is 35.5. The molecule has 1 aromatic carbocycles. The predicted octanol–water partition coefficient (Wildman–Crippen LogP) is 2.43. The highest BCUT2D eigenvalue weighted by Gasteiger charge is 2.20. The number of halogens is 2. The first-order valence-electron chi connectivity index (χ1n) is 6.36. The molecule has 0 bridgehead atoms. The number of nitrogens with two attached hydrogens (primary N) is 1. The zero-order chi connectivity index (χ0) is 15.2. The Morgan fingerprint density at radius 3 is 2.67 bits per heavy atom. The average molecular weight is 352 g/mol. The predicted molar refractivity (Wildman–Crippen MR) is 86.1 cm³/mol. The minimum atomic E-state index is -3.69. The normalized spacial score (nSPS) is 12.3. The number of unbranched alkanes of at least 4 members (excludes halogenated alkanes) is 1.